The van der Waals surface area contributed by atoms with Gasteiger partial charge in [0, 0.05) is 40.2 Å². The zero-order chi connectivity index (χ0) is 23.3. The van der Waals surface area contributed by atoms with Gasteiger partial charge in [0.05, 0.1) is 18.2 Å². The van der Waals surface area contributed by atoms with Gasteiger partial charge < -0.3 is 5.32 Å². The van der Waals surface area contributed by atoms with Crippen LogP contribution in [0.2, 0.25) is 10.0 Å². The first-order chi connectivity index (χ1) is 15.8. The fourth-order valence-electron chi connectivity index (χ4n) is 4.05. The predicted octanol–water partition coefficient (Wildman–Crippen LogP) is 2.93. The van der Waals surface area contributed by atoms with Crippen molar-refractivity contribution < 1.29 is 14.1 Å². The number of nitrogens with one attached hydrogen (secondary N) is 5. The van der Waals surface area contributed by atoms with E-state index in [4.69, 9.17) is 47.6 Å². The van der Waals surface area contributed by atoms with Crippen LogP contribution in [0.15, 0.2) is 42.5 Å². The normalized spacial score (nSPS) is 22.6. The van der Waals surface area contributed by atoms with Crippen molar-refractivity contribution in [3.05, 3.63) is 58.1 Å². The molecule has 13 heteroatoms. The maximum absolute atomic E-state index is 12.5. The van der Waals surface area contributed by atoms with Crippen LogP contribution in [-0.4, -0.2) is 39.4 Å². The molecule has 0 aliphatic carbocycles. The van der Waals surface area contributed by atoms with Gasteiger partial charge in [0.15, 0.2) is 6.54 Å². The van der Waals surface area contributed by atoms with Crippen LogP contribution in [0.5, 0.6) is 0 Å². The molecular formula is C20H18Cl2N7O2S2+. The highest BCUT2D eigenvalue weighted by Crippen LogP contribution is 2.36. The number of hydrogen-bond acceptors (Lipinski definition) is 5. The number of carbonyl (C=O) groups excluding carboxylic acids is 2. The summed E-state index contributed by atoms with van der Waals surface area (Å²) in [4.78, 5) is 24.6. The molecule has 3 aliphatic rings. The summed E-state index contributed by atoms with van der Waals surface area (Å²) >= 11 is 22.8. The van der Waals surface area contributed by atoms with Crippen molar-refractivity contribution in [2.45, 2.75) is 18.6 Å². The van der Waals surface area contributed by atoms with E-state index in [2.05, 4.69) is 26.9 Å². The Morgan fingerprint density at radius 3 is 2.33 bits per heavy atom. The Bertz CT molecular complexity index is 1160. The summed E-state index contributed by atoms with van der Waals surface area (Å²) in [6, 6.07) is 11.8. The third-order valence-corrected chi connectivity index (χ3v) is 7.06. The highest BCUT2D eigenvalue weighted by atomic mass is 35.5. The largest absolute Gasteiger partial charge is 0.323 e. The number of hydrogen-bond donors (Lipinski definition) is 5. The van der Waals surface area contributed by atoms with Gasteiger partial charge in [-0.15, -0.1) is 0 Å². The highest BCUT2D eigenvalue weighted by Gasteiger charge is 2.67. The number of carbonyl (C=O) groups is 2. The molecule has 3 saturated heterocycles. The summed E-state index contributed by atoms with van der Waals surface area (Å²) in [5.41, 5.74) is 10.7. The van der Waals surface area contributed by atoms with Gasteiger partial charge in [-0.2, -0.15) is 4.48 Å². The number of quaternary nitrogens is 1. The van der Waals surface area contributed by atoms with Crippen LogP contribution in [-0.2, 0) is 4.79 Å². The van der Waals surface area contributed by atoms with Crippen LogP contribution in [0, 0.1) is 0 Å². The Hall–Kier alpha value is -2.70. The molecule has 3 fully saturated rings. The lowest BCUT2D eigenvalue weighted by Gasteiger charge is -2.26. The van der Waals surface area contributed by atoms with E-state index in [1.165, 1.54) is 0 Å². The van der Waals surface area contributed by atoms with Crippen molar-refractivity contribution in [3.63, 3.8) is 0 Å². The number of anilines is 2. The topological polar surface area (TPSA) is 97.5 Å². The lowest BCUT2D eigenvalue weighted by molar-refractivity contribution is -0.602. The molecule has 0 bridgehead atoms. The van der Waals surface area contributed by atoms with Gasteiger partial charge in [-0.1, -0.05) is 35.3 Å². The van der Waals surface area contributed by atoms with E-state index in [-0.39, 0.29) is 35.0 Å². The molecule has 1 spiro atoms. The fraction of sp³-hybridized carbons (Fsp3) is 0.200. The molecular weight excluding hydrogens is 505 g/mol. The molecule has 5 rings (SSSR count). The van der Waals surface area contributed by atoms with E-state index in [9.17, 15) is 9.59 Å². The number of hydrazine groups is 2. The minimum absolute atomic E-state index is 0.110. The van der Waals surface area contributed by atoms with E-state index in [1.807, 2.05) is 12.1 Å². The molecule has 9 nitrogen and oxygen atoms in total. The lowest BCUT2D eigenvalue weighted by atomic mass is 10.0. The summed E-state index contributed by atoms with van der Waals surface area (Å²) in [6.07, 6.45) is 0.0708. The Balaban J connectivity index is 1.25. The van der Waals surface area contributed by atoms with Crippen molar-refractivity contribution in [2.75, 3.05) is 16.9 Å². The Kier molecular flexibility index (Phi) is 5.53. The molecule has 2 aromatic rings. The van der Waals surface area contributed by atoms with Crippen LogP contribution in [0.1, 0.15) is 18.0 Å². The first-order valence-corrected chi connectivity index (χ1v) is 11.5. The number of benzene rings is 2. The standard InChI is InChI=1S/C20H17Cl2N7O2S2/c21-11-5-12(22)7-14(6-11)28-15(8-17(30)27-28)10-1-3-13(4-2-10)23-18(31)24-16-9-29(16)19(32)25-26-20(29)33/h1-7,15-16H,8-9H2,(H4-,23,24,25,26,27,30,31,32,33)/p+1. The summed E-state index contributed by atoms with van der Waals surface area (Å²) in [6.45, 7) is 0.607. The smallest absolute Gasteiger partial charge is 0.308 e. The number of rotatable bonds is 4. The molecule has 0 aromatic heterocycles. The first kappa shape index (κ1) is 22.1. The Labute approximate surface area is 209 Å². The average molecular weight is 523 g/mol. The monoisotopic (exact) mass is 522 g/mol. The third kappa shape index (κ3) is 4.06. The van der Waals surface area contributed by atoms with Gasteiger partial charge in [-0.05, 0) is 35.9 Å². The van der Waals surface area contributed by atoms with Gasteiger partial charge in [0.25, 0.3) is 10.2 Å². The number of halogens is 2. The predicted molar refractivity (Wildman–Crippen MR) is 133 cm³/mol. The van der Waals surface area contributed by atoms with Crippen LogP contribution in [0.25, 0.3) is 0 Å². The second-order valence-corrected chi connectivity index (χ2v) is 9.55. The zero-order valence-corrected chi connectivity index (χ0v) is 20.0. The lowest BCUT2D eigenvalue weighted by Crippen LogP contribution is -2.43. The molecule has 2 unspecified atom stereocenters. The van der Waals surface area contributed by atoms with E-state index >= 15 is 0 Å². The molecule has 170 valence electrons. The van der Waals surface area contributed by atoms with Gasteiger partial charge in [-0.3, -0.25) is 20.5 Å². The molecule has 3 amide bonds. The van der Waals surface area contributed by atoms with Gasteiger partial charge in [-0.25, -0.2) is 15.6 Å². The molecule has 0 radical (unpaired) electrons. The minimum atomic E-state index is -0.354. The molecule has 0 saturated carbocycles. The number of urea groups is 1. The van der Waals surface area contributed by atoms with E-state index in [0.29, 0.717) is 38.2 Å². The quantitative estimate of drug-likeness (QED) is 0.239. The zero-order valence-electron chi connectivity index (χ0n) is 16.9. The molecule has 3 aliphatic heterocycles. The van der Waals surface area contributed by atoms with Crippen molar-refractivity contribution in [1.82, 2.24) is 21.6 Å². The second-order valence-electron chi connectivity index (χ2n) is 7.90. The van der Waals surface area contributed by atoms with Crippen LogP contribution >= 0.6 is 47.6 Å². The summed E-state index contributed by atoms with van der Waals surface area (Å²) in [5, 5.41) is 9.49. The molecule has 2 aromatic carbocycles. The summed E-state index contributed by atoms with van der Waals surface area (Å²) < 4.78 is 0.253. The van der Waals surface area contributed by atoms with Gasteiger partial charge >= 0.3 is 6.03 Å². The Morgan fingerprint density at radius 1 is 1.06 bits per heavy atom. The first-order valence-electron chi connectivity index (χ1n) is 9.97. The van der Waals surface area contributed by atoms with Gasteiger partial charge in [0.1, 0.15) is 0 Å². The van der Waals surface area contributed by atoms with Crippen molar-refractivity contribution >= 4 is 81.2 Å². The second kappa shape index (κ2) is 8.26. The van der Waals surface area contributed by atoms with E-state index in [0.717, 1.165) is 5.56 Å². The highest BCUT2D eigenvalue weighted by molar-refractivity contribution is 7.81. The summed E-state index contributed by atoms with van der Waals surface area (Å²) in [7, 11) is 0. The average Bonchev–Trinajstić information content (AvgIpc) is 3.23. The van der Waals surface area contributed by atoms with Gasteiger partial charge in [0.2, 0.25) is 12.1 Å². The van der Waals surface area contributed by atoms with Crippen LogP contribution < -0.4 is 31.9 Å². The van der Waals surface area contributed by atoms with E-state index in [1.54, 1.807) is 35.3 Å². The maximum atomic E-state index is 12.5. The maximum Gasteiger partial charge on any atom is 0.323 e. The number of amides is 3. The number of thiocarbonyl (C=S) groups is 2. The molecule has 5 N–H and O–H groups in total. The minimum Gasteiger partial charge on any atom is -0.308 e. The fourth-order valence-corrected chi connectivity index (χ4v) is 5.31. The molecule has 33 heavy (non-hydrogen) atoms. The molecule has 3 heterocycles. The Morgan fingerprint density at radius 2 is 1.70 bits per heavy atom. The molecule has 2 atom stereocenters. The third-order valence-electron chi connectivity index (χ3n) is 5.77. The van der Waals surface area contributed by atoms with Crippen molar-refractivity contribution in [3.8, 4) is 0 Å². The van der Waals surface area contributed by atoms with E-state index < -0.39 is 0 Å². The van der Waals surface area contributed by atoms with Crippen molar-refractivity contribution in [2.24, 2.45) is 0 Å². The van der Waals surface area contributed by atoms with Crippen LogP contribution in [0.4, 0.5) is 16.2 Å². The van der Waals surface area contributed by atoms with Crippen molar-refractivity contribution in [1.29, 1.82) is 0 Å². The summed E-state index contributed by atoms with van der Waals surface area (Å²) in [5.74, 6) is -0.110. The van der Waals surface area contributed by atoms with Crippen LogP contribution in [0.3, 0.4) is 0 Å². The number of nitrogens with zero attached hydrogens (tertiary/aromatic N) is 2. The SMILES string of the molecule is O=C1CC(c2ccc(NC(=O)NC3C[N+]34C(=S)NNC4=S)cc2)N(c2cc(Cl)cc(Cl)c2)N1.